The predicted molar refractivity (Wildman–Crippen MR) is 95.5 cm³/mol. The molecule has 0 N–H and O–H groups in total. The summed E-state index contributed by atoms with van der Waals surface area (Å²) in [7, 11) is 0. The summed E-state index contributed by atoms with van der Waals surface area (Å²) < 4.78 is 1.24. The highest BCUT2D eigenvalue weighted by molar-refractivity contribution is 14.1. The van der Waals surface area contributed by atoms with Gasteiger partial charge in [0.15, 0.2) is 5.78 Å². The molecule has 0 radical (unpaired) electrons. The number of benzene rings is 2. The number of Topliss-reactive ketones (excluding diaryl/α,β-unsaturated/α-hetero) is 1. The van der Waals surface area contributed by atoms with E-state index in [1.54, 1.807) is 0 Å². The number of ketones is 1. The number of carbonyl (C=O) groups excluding carboxylic acids is 1. The highest BCUT2D eigenvalue weighted by Crippen LogP contribution is 2.16. The van der Waals surface area contributed by atoms with E-state index in [2.05, 4.69) is 59.5 Å². The first-order chi connectivity index (χ1) is 10.1. The minimum absolute atomic E-state index is 0.176. The average Bonchev–Trinajstić information content (AvgIpc) is 2.49. The lowest BCUT2D eigenvalue weighted by Gasteiger charge is -2.26. The molecule has 0 aromatic heterocycles. The minimum Gasteiger partial charge on any atom is -0.293 e. The van der Waals surface area contributed by atoms with Gasteiger partial charge in [0, 0.05) is 21.7 Å². The SMILES string of the molecule is CC(C)N(CC(=O)c1ccccc1)Cc1ccccc1I. The Hall–Kier alpha value is -1.20. The largest absolute Gasteiger partial charge is 0.293 e. The molecule has 0 fully saturated rings. The second kappa shape index (κ2) is 7.71. The van der Waals surface area contributed by atoms with Gasteiger partial charge in [0.2, 0.25) is 0 Å². The van der Waals surface area contributed by atoms with Crippen molar-refractivity contribution in [1.29, 1.82) is 0 Å². The van der Waals surface area contributed by atoms with E-state index in [4.69, 9.17) is 0 Å². The van der Waals surface area contributed by atoms with Gasteiger partial charge in [-0.15, -0.1) is 0 Å². The number of hydrogen-bond acceptors (Lipinski definition) is 2. The molecular weight excluding hydrogens is 373 g/mol. The van der Waals surface area contributed by atoms with E-state index < -0.39 is 0 Å². The zero-order chi connectivity index (χ0) is 15.2. The maximum Gasteiger partial charge on any atom is 0.176 e. The van der Waals surface area contributed by atoms with Gasteiger partial charge in [-0.25, -0.2) is 0 Å². The van der Waals surface area contributed by atoms with Crippen LogP contribution in [0, 0.1) is 3.57 Å². The van der Waals surface area contributed by atoms with E-state index in [0.717, 1.165) is 12.1 Å². The van der Waals surface area contributed by atoms with Gasteiger partial charge in [-0.1, -0.05) is 48.5 Å². The van der Waals surface area contributed by atoms with E-state index >= 15 is 0 Å². The fraction of sp³-hybridized carbons (Fsp3) is 0.278. The molecule has 21 heavy (non-hydrogen) atoms. The number of nitrogens with zero attached hydrogens (tertiary/aromatic N) is 1. The fourth-order valence-corrected chi connectivity index (χ4v) is 2.72. The molecule has 3 heteroatoms. The molecule has 0 atom stereocenters. The van der Waals surface area contributed by atoms with Crippen molar-refractivity contribution in [2.24, 2.45) is 0 Å². The van der Waals surface area contributed by atoms with Gasteiger partial charge in [0.25, 0.3) is 0 Å². The molecule has 0 heterocycles. The summed E-state index contributed by atoms with van der Waals surface area (Å²) in [5.41, 5.74) is 2.05. The molecule has 0 unspecified atom stereocenters. The van der Waals surface area contributed by atoms with Crippen LogP contribution in [0.3, 0.4) is 0 Å². The molecule has 110 valence electrons. The van der Waals surface area contributed by atoms with Gasteiger partial charge < -0.3 is 0 Å². The molecule has 2 rings (SSSR count). The van der Waals surface area contributed by atoms with Gasteiger partial charge in [0.05, 0.1) is 6.54 Å². The maximum absolute atomic E-state index is 12.4. The van der Waals surface area contributed by atoms with Gasteiger partial charge >= 0.3 is 0 Å². The molecule has 2 aromatic rings. The van der Waals surface area contributed by atoms with E-state index in [1.807, 2.05) is 36.4 Å². The Bertz CT molecular complexity index is 595. The van der Waals surface area contributed by atoms with Crippen LogP contribution in [0.15, 0.2) is 54.6 Å². The first kappa shape index (κ1) is 16.2. The molecule has 0 saturated carbocycles. The third kappa shape index (κ3) is 4.64. The van der Waals surface area contributed by atoms with Crippen molar-refractivity contribution < 1.29 is 4.79 Å². The molecule has 0 saturated heterocycles. The Balaban J connectivity index is 2.10. The van der Waals surface area contributed by atoms with Crippen LogP contribution >= 0.6 is 22.6 Å². The molecule has 0 spiro atoms. The monoisotopic (exact) mass is 393 g/mol. The first-order valence-electron chi connectivity index (χ1n) is 7.13. The van der Waals surface area contributed by atoms with Crippen LogP contribution in [0.25, 0.3) is 0 Å². The molecule has 2 aromatic carbocycles. The van der Waals surface area contributed by atoms with Crippen LogP contribution in [0.1, 0.15) is 29.8 Å². The second-order valence-electron chi connectivity index (χ2n) is 5.38. The summed E-state index contributed by atoms with van der Waals surface area (Å²) in [4.78, 5) is 14.6. The van der Waals surface area contributed by atoms with Gasteiger partial charge in [-0.05, 0) is 48.1 Å². The van der Waals surface area contributed by atoms with Crippen molar-refractivity contribution in [3.05, 3.63) is 69.3 Å². The van der Waals surface area contributed by atoms with Crippen LogP contribution < -0.4 is 0 Å². The van der Waals surface area contributed by atoms with Gasteiger partial charge in [-0.2, -0.15) is 0 Å². The molecule has 0 aliphatic carbocycles. The zero-order valence-electron chi connectivity index (χ0n) is 12.4. The van der Waals surface area contributed by atoms with E-state index in [1.165, 1.54) is 9.13 Å². The highest BCUT2D eigenvalue weighted by atomic mass is 127. The lowest BCUT2D eigenvalue weighted by atomic mass is 10.1. The fourth-order valence-electron chi connectivity index (χ4n) is 2.17. The third-order valence-corrected chi connectivity index (χ3v) is 4.56. The second-order valence-corrected chi connectivity index (χ2v) is 6.54. The molecule has 2 nitrogen and oxygen atoms in total. The summed E-state index contributed by atoms with van der Waals surface area (Å²) in [5, 5.41) is 0. The standard InChI is InChI=1S/C18H20INO/c1-14(2)20(12-16-10-6-7-11-17(16)19)13-18(21)15-8-4-3-5-9-15/h3-11,14H,12-13H2,1-2H3. The van der Waals surface area contributed by atoms with E-state index in [-0.39, 0.29) is 5.78 Å². The Kier molecular flexibility index (Phi) is 5.94. The summed E-state index contributed by atoms with van der Waals surface area (Å²) >= 11 is 2.35. The van der Waals surface area contributed by atoms with E-state index in [0.29, 0.717) is 12.6 Å². The smallest absolute Gasteiger partial charge is 0.176 e. The van der Waals surface area contributed by atoms with E-state index in [9.17, 15) is 4.79 Å². The van der Waals surface area contributed by atoms with Gasteiger partial charge in [-0.3, -0.25) is 9.69 Å². The lowest BCUT2D eigenvalue weighted by molar-refractivity contribution is 0.0898. The van der Waals surface area contributed by atoms with Crippen LogP contribution in [0.2, 0.25) is 0 Å². The van der Waals surface area contributed by atoms with Crippen molar-refractivity contribution in [3.8, 4) is 0 Å². The summed E-state index contributed by atoms with van der Waals surface area (Å²) in [6.45, 7) is 5.52. The Morgan fingerprint density at radius 1 is 1.05 bits per heavy atom. The maximum atomic E-state index is 12.4. The molecular formula is C18H20INO. The summed E-state index contributed by atoms with van der Waals surface area (Å²) in [6, 6.07) is 18.2. The number of rotatable bonds is 6. The number of halogens is 1. The summed E-state index contributed by atoms with van der Waals surface area (Å²) in [5.74, 6) is 0.176. The van der Waals surface area contributed by atoms with Gasteiger partial charge in [0.1, 0.15) is 0 Å². The van der Waals surface area contributed by atoms with Crippen molar-refractivity contribution in [2.75, 3.05) is 6.54 Å². The number of carbonyl (C=O) groups is 1. The van der Waals surface area contributed by atoms with Crippen LogP contribution in [0.4, 0.5) is 0 Å². The van der Waals surface area contributed by atoms with Crippen molar-refractivity contribution >= 4 is 28.4 Å². The molecule has 0 amide bonds. The quantitative estimate of drug-likeness (QED) is 0.536. The van der Waals surface area contributed by atoms with Crippen LogP contribution in [0.5, 0.6) is 0 Å². The Morgan fingerprint density at radius 2 is 1.67 bits per heavy atom. The Morgan fingerprint density at radius 3 is 2.29 bits per heavy atom. The summed E-state index contributed by atoms with van der Waals surface area (Å²) in [6.07, 6.45) is 0. The van der Waals surface area contributed by atoms with Crippen LogP contribution in [-0.2, 0) is 6.54 Å². The van der Waals surface area contributed by atoms with Crippen molar-refractivity contribution in [2.45, 2.75) is 26.4 Å². The topological polar surface area (TPSA) is 20.3 Å². The predicted octanol–water partition coefficient (Wildman–Crippen LogP) is 4.38. The van der Waals surface area contributed by atoms with Crippen LogP contribution in [-0.4, -0.2) is 23.3 Å². The lowest BCUT2D eigenvalue weighted by Crippen LogP contribution is -2.35. The molecule has 0 aliphatic heterocycles. The first-order valence-corrected chi connectivity index (χ1v) is 8.21. The average molecular weight is 393 g/mol. The number of hydrogen-bond donors (Lipinski definition) is 0. The highest BCUT2D eigenvalue weighted by Gasteiger charge is 2.16. The molecule has 0 aliphatic rings. The Labute approximate surface area is 140 Å². The minimum atomic E-state index is 0.176. The molecule has 0 bridgehead atoms. The van der Waals surface area contributed by atoms with Crippen molar-refractivity contribution in [3.63, 3.8) is 0 Å². The van der Waals surface area contributed by atoms with Crippen molar-refractivity contribution in [1.82, 2.24) is 4.90 Å². The zero-order valence-corrected chi connectivity index (χ0v) is 14.6. The normalized spacial score (nSPS) is 11.1. The third-order valence-electron chi connectivity index (χ3n) is 3.50.